The first kappa shape index (κ1) is 17.5. The van der Waals surface area contributed by atoms with Crippen molar-refractivity contribution in [3.8, 4) is 0 Å². The van der Waals surface area contributed by atoms with Crippen LogP contribution in [-0.4, -0.2) is 32.3 Å². The molecule has 2 aromatic heterocycles. The number of hydrogen-bond acceptors (Lipinski definition) is 6. The Morgan fingerprint density at radius 2 is 1.12 bits per heavy atom. The molecule has 2 heterocycles. The number of carbonyl (C=O) groups excluding carboxylic acids is 4. The lowest BCUT2D eigenvalue weighted by Gasteiger charge is -2.00. The second-order valence-corrected chi connectivity index (χ2v) is 4.84. The Labute approximate surface area is 144 Å². The summed E-state index contributed by atoms with van der Waals surface area (Å²) in [6.07, 6.45) is 2.49. The van der Waals surface area contributed by atoms with E-state index in [4.69, 9.17) is 23.2 Å². The largest absolute Gasteiger partial charge is 0.314 e. The van der Waals surface area contributed by atoms with Gasteiger partial charge in [0, 0.05) is 12.4 Å². The summed E-state index contributed by atoms with van der Waals surface area (Å²) in [5.74, 6) is -2.11. The van der Waals surface area contributed by atoms with Crippen LogP contribution in [0.3, 0.4) is 0 Å². The highest BCUT2D eigenvalue weighted by Crippen LogP contribution is 2.12. The normalized spacial score (nSPS) is 10.6. The molecule has 0 saturated heterocycles. The summed E-state index contributed by atoms with van der Waals surface area (Å²) < 4.78 is 0. The maximum absolute atomic E-state index is 11.9. The standard InChI is InChI=1S/C14H6Cl2N4O4/c15-11(21)7-3-1-5-17-9(7)13(23)19-20-14(24)10-8(12(16)22)4-2-6-18-10/h1-6H. The van der Waals surface area contributed by atoms with Gasteiger partial charge in [-0.05, 0) is 47.5 Å². The number of hydrogen-bond donors (Lipinski definition) is 0. The molecule has 0 saturated carbocycles. The molecule has 2 aromatic rings. The van der Waals surface area contributed by atoms with Gasteiger partial charge in [0.15, 0.2) is 0 Å². The fourth-order valence-corrected chi connectivity index (χ4v) is 1.96. The van der Waals surface area contributed by atoms with Crippen molar-refractivity contribution in [3.63, 3.8) is 0 Å². The molecule has 0 aliphatic rings. The predicted molar refractivity (Wildman–Crippen MR) is 82.4 cm³/mol. The minimum atomic E-state index is -1.05. The lowest BCUT2D eigenvalue weighted by molar-refractivity contribution is 0.0937. The molecule has 2 rings (SSSR count). The Morgan fingerprint density at radius 3 is 1.46 bits per heavy atom. The van der Waals surface area contributed by atoms with Crippen molar-refractivity contribution in [2.75, 3.05) is 0 Å². The molecule has 8 nitrogen and oxygen atoms in total. The second kappa shape index (κ2) is 7.62. The van der Waals surface area contributed by atoms with E-state index in [0.29, 0.717) is 0 Å². The van der Waals surface area contributed by atoms with E-state index >= 15 is 0 Å². The van der Waals surface area contributed by atoms with Gasteiger partial charge in [-0.1, -0.05) is 0 Å². The third kappa shape index (κ3) is 3.92. The number of pyridine rings is 2. The Bertz CT molecular complexity index is 811. The van der Waals surface area contributed by atoms with Crippen LogP contribution in [0.15, 0.2) is 46.9 Å². The van der Waals surface area contributed by atoms with Gasteiger partial charge in [0.05, 0.1) is 11.1 Å². The Hall–Kier alpha value is -2.84. The Balaban J connectivity index is 2.29. The quantitative estimate of drug-likeness (QED) is 0.607. The van der Waals surface area contributed by atoms with E-state index in [1.807, 2.05) is 0 Å². The van der Waals surface area contributed by atoms with Gasteiger partial charge in [-0.3, -0.25) is 29.1 Å². The van der Waals surface area contributed by atoms with Gasteiger partial charge in [0.1, 0.15) is 11.4 Å². The van der Waals surface area contributed by atoms with E-state index in [9.17, 15) is 19.2 Å². The minimum absolute atomic E-state index is 0.176. The van der Waals surface area contributed by atoms with E-state index in [2.05, 4.69) is 20.2 Å². The smallest absolute Gasteiger partial charge is 0.276 e. The molecule has 120 valence electrons. The van der Waals surface area contributed by atoms with Crippen molar-refractivity contribution < 1.29 is 19.2 Å². The van der Waals surface area contributed by atoms with Crippen molar-refractivity contribution in [1.82, 2.24) is 9.97 Å². The minimum Gasteiger partial charge on any atom is -0.276 e. The maximum Gasteiger partial charge on any atom is 0.314 e. The number of amides is 2. The molecular weight excluding hydrogens is 359 g/mol. The number of rotatable bonds is 4. The van der Waals surface area contributed by atoms with Crippen LogP contribution in [0.1, 0.15) is 41.7 Å². The van der Waals surface area contributed by atoms with Crippen molar-refractivity contribution in [2.24, 2.45) is 10.2 Å². The molecule has 0 aliphatic carbocycles. The number of halogens is 2. The first-order chi connectivity index (χ1) is 11.4. The Morgan fingerprint density at radius 1 is 0.750 bits per heavy atom. The van der Waals surface area contributed by atoms with E-state index in [0.717, 1.165) is 0 Å². The van der Waals surface area contributed by atoms with Crippen LogP contribution < -0.4 is 0 Å². The van der Waals surface area contributed by atoms with Gasteiger partial charge in [0.2, 0.25) is 0 Å². The third-order valence-electron chi connectivity index (χ3n) is 2.68. The average Bonchev–Trinajstić information content (AvgIpc) is 2.59. The van der Waals surface area contributed by atoms with Crippen LogP contribution in [0.5, 0.6) is 0 Å². The lowest BCUT2D eigenvalue weighted by atomic mass is 10.2. The molecule has 0 spiro atoms. The molecule has 2 amide bonds. The molecular formula is C14H6Cl2N4O4. The van der Waals surface area contributed by atoms with Crippen LogP contribution in [0, 0.1) is 0 Å². The fourth-order valence-electron chi connectivity index (χ4n) is 1.65. The number of aromatic nitrogens is 2. The van der Waals surface area contributed by atoms with Crippen LogP contribution >= 0.6 is 23.2 Å². The SMILES string of the molecule is O=C(Cl)c1cccnc1C(=O)N=NC(=O)c1ncccc1C(=O)Cl. The van der Waals surface area contributed by atoms with Crippen LogP contribution in [0.4, 0.5) is 0 Å². The molecule has 0 bridgehead atoms. The number of nitrogens with zero attached hydrogens (tertiary/aromatic N) is 4. The summed E-state index contributed by atoms with van der Waals surface area (Å²) in [4.78, 5) is 53.7. The topological polar surface area (TPSA) is 119 Å². The van der Waals surface area contributed by atoms with E-state index in [-0.39, 0.29) is 22.5 Å². The van der Waals surface area contributed by atoms with Crippen LogP contribution in [0.2, 0.25) is 0 Å². The van der Waals surface area contributed by atoms with E-state index in [1.54, 1.807) is 0 Å². The monoisotopic (exact) mass is 364 g/mol. The predicted octanol–water partition coefficient (Wildman–Crippen LogP) is 2.67. The summed E-state index contributed by atoms with van der Waals surface area (Å²) >= 11 is 10.7. The van der Waals surface area contributed by atoms with Crippen molar-refractivity contribution in [3.05, 3.63) is 59.2 Å². The summed E-state index contributed by atoms with van der Waals surface area (Å²) in [6.45, 7) is 0. The second-order valence-electron chi connectivity index (χ2n) is 4.16. The molecule has 24 heavy (non-hydrogen) atoms. The Kier molecular flexibility index (Phi) is 5.56. The zero-order valence-corrected chi connectivity index (χ0v) is 13.2. The summed E-state index contributed by atoms with van der Waals surface area (Å²) in [6, 6.07) is 5.35. The van der Waals surface area contributed by atoms with Gasteiger partial charge in [-0.25, -0.2) is 0 Å². The molecule has 0 unspecified atom stereocenters. The van der Waals surface area contributed by atoms with E-state index < -0.39 is 22.3 Å². The summed E-state index contributed by atoms with van der Waals surface area (Å²) in [7, 11) is 0. The summed E-state index contributed by atoms with van der Waals surface area (Å²) in [5, 5.41) is 4.55. The van der Waals surface area contributed by atoms with Crippen molar-refractivity contribution in [1.29, 1.82) is 0 Å². The van der Waals surface area contributed by atoms with Gasteiger partial charge in [-0.2, -0.15) is 0 Å². The van der Waals surface area contributed by atoms with Gasteiger partial charge < -0.3 is 0 Å². The molecule has 0 atom stereocenters. The summed E-state index contributed by atoms with van der Waals surface area (Å²) in [5.41, 5.74) is -1.07. The molecule has 10 heteroatoms. The van der Waals surface area contributed by atoms with Gasteiger partial charge in [-0.15, -0.1) is 10.2 Å². The first-order valence-corrected chi connectivity index (χ1v) is 6.97. The first-order valence-electron chi connectivity index (χ1n) is 6.22. The highest BCUT2D eigenvalue weighted by atomic mass is 35.5. The van der Waals surface area contributed by atoms with E-state index in [1.165, 1.54) is 36.7 Å². The van der Waals surface area contributed by atoms with Crippen molar-refractivity contribution in [2.45, 2.75) is 0 Å². The number of azo groups is 1. The van der Waals surface area contributed by atoms with Crippen LogP contribution in [0.25, 0.3) is 0 Å². The fraction of sp³-hybridized carbons (Fsp3) is 0. The molecule has 0 aliphatic heterocycles. The number of carbonyl (C=O) groups is 4. The van der Waals surface area contributed by atoms with Crippen molar-refractivity contribution >= 4 is 45.5 Å². The maximum atomic E-state index is 11.9. The van der Waals surface area contributed by atoms with Crippen LogP contribution in [-0.2, 0) is 0 Å². The molecule has 0 radical (unpaired) electrons. The highest BCUT2D eigenvalue weighted by Gasteiger charge is 2.19. The zero-order chi connectivity index (χ0) is 17.7. The third-order valence-corrected chi connectivity index (χ3v) is 3.08. The molecule has 0 aromatic carbocycles. The zero-order valence-electron chi connectivity index (χ0n) is 11.6. The molecule has 0 N–H and O–H groups in total. The average molecular weight is 365 g/mol. The lowest BCUT2D eigenvalue weighted by Crippen LogP contribution is -2.08. The van der Waals surface area contributed by atoms with Gasteiger partial charge >= 0.3 is 11.8 Å². The van der Waals surface area contributed by atoms with Gasteiger partial charge in [0.25, 0.3) is 10.5 Å². The molecule has 0 fully saturated rings. The highest BCUT2D eigenvalue weighted by molar-refractivity contribution is 6.68.